The van der Waals surface area contributed by atoms with Crippen LogP contribution in [-0.2, 0) is 0 Å². The fourth-order valence-electron chi connectivity index (χ4n) is 3.34. The van der Waals surface area contributed by atoms with Gasteiger partial charge < -0.3 is 5.73 Å². The molecule has 0 saturated carbocycles. The highest BCUT2D eigenvalue weighted by atomic mass is 15.2. The summed E-state index contributed by atoms with van der Waals surface area (Å²) in [5, 5.41) is 0. The van der Waals surface area contributed by atoms with Crippen molar-refractivity contribution < 1.29 is 0 Å². The van der Waals surface area contributed by atoms with E-state index in [4.69, 9.17) is 5.73 Å². The second-order valence-electron chi connectivity index (χ2n) is 5.86. The molecule has 100 valence electrons. The number of piperidine rings is 1. The molecule has 2 nitrogen and oxygen atoms in total. The van der Waals surface area contributed by atoms with Crippen molar-refractivity contribution in [3.05, 3.63) is 34.4 Å². The van der Waals surface area contributed by atoms with Gasteiger partial charge in [-0.3, -0.25) is 4.90 Å². The molecular weight excluding hydrogens is 220 g/mol. The second-order valence-corrected chi connectivity index (χ2v) is 5.86. The highest BCUT2D eigenvalue weighted by Gasteiger charge is 2.23. The molecule has 18 heavy (non-hydrogen) atoms. The van der Waals surface area contributed by atoms with Gasteiger partial charge in [0.15, 0.2) is 0 Å². The predicted octanol–water partition coefficient (Wildman–Crippen LogP) is 3.10. The number of benzene rings is 1. The van der Waals surface area contributed by atoms with Crippen molar-refractivity contribution in [1.82, 2.24) is 4.90 Å². The first kappa shape index (κ1) is 13.6. The van der Waals surface area contributed by atoms with Crippen LogP contribution in [0.2, 0.25) is 0 Å². The molecule has 1 saturated heterocycles. The summed E-state index contributed by atoms with van der Waals surface area (Å²) in [7, 11) is 0. The summed E-state index contributed by atoms with van der Waals surface area (Å²) >= 11 is 0. The Hall–Kier alpha value is -0.860. The Bertz CT molecular complexity index is 394. The Kier molecular flexibility index (Phi) is 4.08. The minimum atomic E-state index is 0.411. The van der Waals surface area contributed by atoms with Gasteiger partial charge in [-0.1, -0.05) is 17.7 Å². The fourth-order valence-corrected chi connectivity index (χ4v) is 3.34. The third-order valence-corrected chi connectivity index (χ3v) is 4.28. The number of likely N-dealkylation sites (tertiary alicyclic amines) is 1. The lowest BCUT2D eigenvalue weighted by Crippen LogP contribution is -2.41. The first-order valence-corrected chi connectivity index (χ1v) is 7.06. The molecular formula is C16H26N2. The van der Waals surface area contributed by atoms with Crippen molar-refractivity contribution in [1.29, 1.82) is 0 Å². The molecule has 1 fully saturated rings. The Morgan fingerprint density at radius 1 is 1.11 bits per heavy atom. The van der Waals surface area contributed by atoms with Crippen LogP contribution in [-0.4, -0.2) is 24.0 Å². The fraction of sp³-hybridized carbons (Fsp3) is 0.625. The molecule has 1 aromatic carbocycles. The van der Waals surface area contributed by atoms with E-state index in [2.05, 4.69) is 44.7 Å². The van der Waals surface area contributed by atoms with Gasteiger partial charge in [-0.25, -0.2) is 0 Å². The lowest BCUT2D eigenvalue weighted by Gasteiger charge is -2.36. The highest BCUT2D eigenvalue weighted by Crippen LogP contribution is 2.29. The molecule has 1 heterocycles. The number of rotatable bonds is 2. The van der Waals surface area contributed by atoms with Crippen LogP contribution >= 0.6 is 0 Å². The van der Waals surface area contributed by atoms with Crippen LogP contribution in [0.4, 0.5) is 0 Å². The number of hydrogen-bond acceptors (Lipinski definition) is 2. The minimum absolute atomic E-state index is 0.411. The van der Waals surface area contributed by atoms with Crippen LogP contribution in [0.15, 0.2) is 12.1 Å². The van der Waals surface area contributed by atoms with E-state index in [0.717, 1.165) is 25.9 Å². The summed E-state index contributed by atoms with van der Waals surface area (Å²) in [5.74, 6) is 0. The number of hydrogen-bond donors (Lipinski definition) is 1. The maximum absolute atomic E-state index is 5.99. The van der Waals surface area contributed by atoms with Crippen LogP contribution < -0.4 is 5.73 Å². The van der Waals surface area contributed by atoms with E-state index in [0.29, 0.717) is 12.1 Å². The van der Waals surface area contributed by atoms with E-state index in [1.807, 2.05) is 0 Å². The minimum Gasteiger partial charge on any atom is -0.328 e. The van der Waals surface area contributed by atoms with E-state index in [1.165, 1.54) is 22.3 Å². The Balaban J connectivity index is 2.21. The lowest BCUT2D eigenvalue weighted by atomic mass is 9.92. The van der Waals surface area contributed by atoms with Gasteiger partial charge in [-0.05, 0) is 57.2 Å². The summed E-state index contributed by atoms with van der Waals surface area (Å²) in [6, 6.07) is 5.52. The van der Waals surface area contributed by atoms with Crippen molar-refractivity contribution in [2.24, 2.45) is 5.73 Å². The molecule has 0 aliphatic carbocycles. The summed E-state index contributed by atoms with van der Waals surface area (Å²) in [6.45, 7) is 11.3. The Morgan fingerprint density at radius 2 is 1.61 bits per heavy atom. The van der Waals surface area contributed by atoms with Crippen LogP contribution in [0.5, 0.6) is 0 Å². The van der Waals surface area contributed by atoms with Crippen LogP contribution in [0.25, 0.3) is 0 Å². The van der Waals surface area contributed by atoms with Crippen molar-refractivity contribution >= 4 is 0 Å². The molecule has 0 bridgehead atoms. The molecule has 2 heteroatoms. The van der Waals surface area contributed by atoms with Gasteiger partial charge in [-0.2, -0.15) is 0 Å². The van der Waals surface area contributed by atoms with Gasteiger partial charge in [0.1, 0.15) is 0 Å². The zero-order chi connectivity index (χ0) is 13.3. The van der Waals surface area contributed by atoms with Gasteiger partial charge >= 0.3 is 0 Å². The van der Waals surface area contributed by atoms with Crippen LogP contribution in [0.1, 0.15) is 48.1 Å². The molecule has 1 atom stereocenters. The maximum atomic E-state index is 5.99. The second kappa shape index (κ2) is 5.41. The van der Waals surface area contributed by atoms with E-state index in [-0.39, 0.29) is 0 Å². The van der Waals surface area contributed by atoms with Crippen molar-refractivity contribution in [2.45, 2.75) is 52.6 Å². The molecule has 1 aliphatic rings. The third-order valence-electron chi connectivity index (χ3n) is 4.28. The number of aryl methyl sites for hydroxylation is 3. The molecule has 1 unspecified atom stereocenters. The molecule has 0 spiro atoms. The molecule has 1 aromatic rings. The van der Waals surface area contributed by atoms with E-state index >= 15 is 0 Å². The molecule has 0 amide bonds. The summed E-state index contributed by atoms with van der Waals surface area (Å²) < 4.78 is 0. The molecule has 0 radical (unpaired) electrons. The first-order valence-electron chi connectivity index (χ1n) is 7.06. The van der Waals surface area contributed by atoms with Gasteiger partial charge in [0.25, 0.3) is 0 Å². The average molecular weight is 246 g/mol. The Morgan fingerprint density at radius 3 is 2.11 bits per heavy atom. The highest BCUT2D eigenvalue weighted by molar-refractivity contribution is 5.39. The van der Waals surface area contributed by atoms with E-state index < -0.39 is 0 Å². The molecule has 2 rings (SSSR count). The van der Waals surface area contributed by atoms with E-state index in [9.17, 15) is 0 Å². The van der Waals surface area contributed by atoms with E-state index in [1.54, 1.807) is 0 Å². The smallest absolute Gasteiger partial charge is 0.0325 e. The number of nitrogens with two attached hydrogens (primary N) is 1. The predicted molar refractivity (Wildman–Crippen MR) is 77.9 cm³/mol. The van der Waals surface area contributed by atoms with Crippen molar-refractivity contribution in [3.63, 3.8) is 0 Å². The van der Waals surface area contributed by atoms with Crippen LogP contribution in [0, 0.1) is 20.8 Å². The monoisotopic (exact) mass is 246 g/mol. The van der Waals surface area contributed by atoms with Gasteiger partial charge in [0, 0.05) is 25.2 Å². The topological polar surface area (TPSA) is 29.3 Å². The Labute approximate surface area is 111 Å². The molecule has 1 aliphatic heterocycles. The standard InChI is InChI=1S/C16H26N2/c1-11-9-12(2)16(13(3)10-11)14(4)18-7-5-15(17)6-8-18/h9-10,14-15H,5-8,17H2,1-4H3. The first-order chi connectivity index (χ1) is 8.49. The zero-order valence-corrected chi connectivity index (χ0v) is 12.2. The SMILES string of the molecule is Cc1cc(C)c(C(C)N2CCC(N)CC2)c(C)c1. The third kappa shape index (κ3) is 2.76. The largest absolute Gasteiger partial charge is 0.328 e. The summed E-state index contributed by atoms with van der Waals surface area (Å²) in [5.41, 5.74) is 11.7. The van der Waals surface area contributed by atoms with Crippen molar-refractivity contribution in [3.8, 4) is 0 Å². The molecule has 0 aromatic heterocycles. The van der Waals surface area contributed by atoms with Gasteiger partial charge in [-0.15, -0.1) is 0 Å². The van der Waals surface area contributed by atoms with Crippen molar-refractivity contribution in [2.75, 3.05) is 13.1 Å². The van der Waals surface area contributed by atoms with Gasteiger partial charge in [0.2, 0.25) is 0 Å². The maximum Gasteiger partial charge on any atom is 0.0325 e. The normalized spacial score (nSPS) is 20.1. The average Bonchev–Trinajstić information content (AvgIpc) is 2.28. The lowest BCUT2D eigenvalue weighted by molar-refractivity contribution is 0.162. The number of nitrogens with zero attached hydrogens (tertiary/aromatic N) is 1. The summed E-state index contributed by atoms with van der Waals surface area (Å²) in [6.07, 6.45) is 2.27. The van der Waals surface area contributed by atoms with Gasteiger partial charge in [0.05, 0.1) is 0 Å². The van der Waals surface area contributed by atoms with Crippen LogP contribution in [0.3, 0.4) is 0 Å². The molecule has 2 N–H and O–H groups in total. The zero-order valence-electron chi connectivity index (χ0n) is 12.2. The quantitative estimate of drug-likeness (QED) is 0.869. The summed E-state index contributed by atoms with van der Waals surface area (Å²) in [4.78, 5) is 2.58.